The third kappa shape index (κ3) is 2.57. The van der Waals surface area contributed by atoms with Crippen LogP contribution >= 0.6 is 0 Å². The standard InChI is InChI=1S/C13H24N2O/c1-9(2)8-15(11-4-5-11)13(16)12-10(3)6-7-14-12/h9-12,14H,4-8H2,1-3H3. The zero-order valence-electron chi connectivity index (χ0n) is 10.7. The molecule has 1 saturated carbocycles. The van der Waals surface area contributed by atoms with Gasteiger partial charge in [0.1, 0.15) is 0 Å². The van der Waals surface area contributed by atoms with Gasteiger partial charge in [-0.1, -0.05) is 20.8 Å². The van der Waals surface area contributed by atoms with Crippen molar-refractivity contribution >= 4 is 5.91 Å². The van der Waals surface area contributed by atoms with Gasteiger partial charge < -0.3 is 10.2 Å². The summed E-state index contributed by atoms with van der Waals surface area (Å²) in [6.07, 6.45) is 3.55. The van der Waals surface area contributed by atoms with E-state index in [1.165, 1.54) is 12.8 Å². The molecule has 2 rings (SSSR count). The van der Waals surface area contributed by atoms with Crippen LogP contribution in [0.1, 0.15) is 40.0 Å². The van der Waals surface area contributed by atoms with E-state index >= 15 is 0 Å². The number of nitrogens with one attached hydrogen (secondary N) is 1. The van der Waals surface area contributed by atoms with Gasteiger partial charge in [0.15, 0.2) is 0 Å². The number of carbonyl (C=O) groups is 1. The van der Waals surface area contributed by atoms with Gasteiger partial charge in [0.25, 0.3) is 0 Å². The van der Waals surface area contributed by atoms with Crippen LogP contribution in [0.3, 0.4) is 0 Å². The highest BCUT2D eigenvalue weighted by Crippen LogP contribution is 2.29. The van der Waals surface area contributed by atoms with E-state index in [0.29, 0.717) is 23.8 Å². The maximum absolute atomic E-state index is 12.4. The molecule has 0 bridgehead atoms. The largest absolute Gasteiger partial charge is 0.338 e. The second-order valence-corrected chi connectivity index (χ2v) is 5.81. The van der Waals surface area contributed by atoms with Crippen molar-refractivity contribution in [2.45, 2.75) is 52.1 Å². The Morgan fingerprint density at radius 1 is 1.38 bits per heavy atom. The lowest BCUT2D eigenvalue weighted by Crippen LogP contribution is -2.48. The number of hydrogen-bond acceptors (Lipinski definition) is 2. The van der Waals surface area contributed by atoms with Crippen molar-refractivity contribution in [3.05, 3.63) is 0 Å². The van der Waals surface area contributed by atoms with Gasteiger partial charge in [0.05, 0.1) is 6.04 Å². The van der Waals surface area contributed by atoms with Crippen LogP contribution in [0.15, 0.2) is 0 Å². The molecule has 0 aromatic heterocycles. The lowest BCUT2D eigenvalue weighted by atomic mass is 10.0. The molecule has 0 aromatic carbocycles. The summed E-state index contributed by atoms with van der Waals surface area (Å²) >= 11 is 0. The highest BCUT2D eigenvalue weighted by molar-refractivity contribution is 5.83. The fourth-order valence-corrected chi connectivity index (χ4v) is 2.54. The zero-order chi connectivity index (χ0) is 11.7. The summed E-state index contributed by atoms with van der Waals surface area (Å²) < 4.78 is 0. The van der Waals surface area contributed by atoms with Crippen LogP contribution in [0.2, 0.25) is 0 Å². The van der Waals surface area contributed by atoms with Crippen LogP contribution in [0.4, 0.5) is 0 Å². The number of nitrogens with zero attached hydrogens (tertiary/aromatic N) is 1. The van der Waals surface area contributed by atoms with Crippen LogP contribution < -0.4 is 5.32 Å². The van der Waals surface area contributed by atoms with Gasteiger partial charge in [-0.3, -0.25) is 4.79 Å². The summed E-state index contributed by atoms with van der Waals surface area (Å²) in [6.45, 7) is 8.48. The normalized spacial score (nSPS) is 29.8. The minimum atomic E-state index is 0.0827. The van der Waals surface area contributed by atoms with Crippen LogP contribution in [-0.4, -0.2) is 36.0 Å². The Balaban J connectivity index is 1.98. The van der Waals surface area contributed by atoms with Crippen molar-refractivity contribution < 1.29 is 4.79 Å². The van der Waals surface area contributed by atoms with Crippen molar-refractivity contribution in [3.63, 3.8) is 0 Å². The molecular weight excluding hydrogens is 200 g/mol. The molecular formula is C13H24N2O. The van der Waals surface area contributed by atoms with E-state index in [-0.39, 0.29) is 6.04 Å². The molecule has 92 valence electrons. The highest BCUT2D eigenvalue weighted by Gasteiger charge is 2.39. The summed E-state index contributed by atoms with van der Waals surface area (Å²) in [4.78, 5) is 14.6. The van der Waals surface area contributed by atoms with E-state index in [2.05, 4.69) is 31.0 Å². The van der Waals surface area contributed by atoms with Gasteiger partial charge in [-0.15, -0.1) is 0 Å². The van der Waals surface area contributed by atoms with Crippen molar-refractivity contribution in [3.8, 4) is 0 Å². The monoisotopic (exact) mass is 224 g/mol. The molecule has 1 heterocycles. The number of amides is 1. The fourth-order valence-electron chi connectivity index (χ4n) is 2.54. The number of rotatable bonds is 4. The average molecular weight is 224 g/mol. The van der Waals surface area contributed by atoms with E-state index in [1.54, 1.807) is 0 Å². The quantitative estimate of drug-likeness (QED) is 0.787. The predicted molar refractivity (Wildman–Crippen MR) is 65.1 cm³/mol. The molecule has 3 heteroatoms. The predicted octanol–water partition coefficient (Wildman–Crippen LogP) is 1.63. The van der Waals surface area contributed by atoms with Crippen LogP contribution in [-0.2, 0) is 4.79 Å². The van der Waals surface area contributed by atoms with Crippen molar-refractivity contribution in [2.24, 2.45) is 11.8 Å². The molecule has 1 saturated heterocycles. The molecule has 1 amide bonds. The van der Waals surface area contributed by atoms with E-state index in [0.717, 1.165) is 19.5 Å². The molecule has 2 aliphatic rings. The fraction of sp³-hybridized carbons (Fsp3) is 0.923. The molecule has 16 heavy (non-hydrogen) atoms. The van der Waals surface area contributed by atoms with E-state index in [4.69, 9.17) is 0 Å². The summed E-state index contributed by atoms with van der Waals surface area (Å²) in [5.74, 6) is 1.42. The second kappa shape index (κ2) is 4.74. The van der Waals surface area contributed by atoms with E-state index in [1.807, 2.05) is 0 Å². The molecule has 0 aromatic rings. The molecule has 1 N–H and O–H groups in total. The van der Waals surface area contributed by atoms with E-state index < -0.39 is 0 Å². The van der Waals surface area contributed by atoms with Gasteiger partial charge in [-0.2, -0.15) is 0 Å². The molecule has 1 aliphatic carbocycles. The molecule has 2 fully saturated rings. The minimum absolute atomic E-state index is 0.0827. The number of hydrogen-bond donors (Lipinski definition) is 1. The van der Waals surface area contributed by atoms with Crippen LogP contribution in [0.5, 0.6) is 0 Å². The van der Waals surface area contributed by atoms with Crippen molar-refractivity contribution in [1.29, 1.82) is 0 Å². The van der Waals surface area contributed by atoms with Gasteiger partial charge in [0, 0.05) is 12.6 Å². The molecule has 0 spiro atoms. The average Bonchev–Trinajstić information content (AvgIpc) is 2.97. The first-order valence-corrected chi connectivity index (χ1v) is 6.63. The second-order valence-electron chi connectivity index (χ2n) is 5.81. The zero-order valence-corrected chi connectivity index (χ0v) is 10.7. The molecule has 2 unspecified atom stereocenters. The summed E-state index contributed by atoms with van der Waals surface area (Å²) in [5.41, 5.74) is 0. The maximum Gasteiger partial charge on any atom is 0.240 e. The Morgan fingerprint density at radius 3 is 2.50 bits per heavy atom. The third-order valence-corrected chi connectivity index (χ3v) is 3.63. The van der Waals surface area contributed by atoms with Crippen LogP contribution in [0, 0.1) is 11.8 Å². The van der Waals surface area contributed by atoms with Gasteiger partial charge in [-0.25, -0.2) is 0 Å². The third-order valence-electron chi connectivity index (χ3n) is 3.63. The van der Waals surface area contributed by atoms with Crippen molar-refractivity contribution in [2.75, 3.05) is 13.1 Å². The summed E-state index contributed by atoms with van der Waals surface area (Å²) in [7, 11) is 0. The first-order valence-electron chi connectivity index (χ1n) is 6.63. The van der Waals surface area contributed by atoms with Gasteiger partial charge >= 0.3 is 0 Å². The SMILES string of the molecule is CC(C)CN(C(=O)C1NCCC1C)C1CC1. The lowest BCUT2D eigenvalue weighted by Gasteiger charge is -2.28. The topological polar surface area (TPSA) is 32.3 Å². The van der Waals surface area contributed by atoms with Crippen LogP contribution in [0.25, 0.3) is 0 Å². The molecule has 2 atom stereocenters. The highest BCUT2D eigenvalue weighted by atomic mass is 16.2. The molecule has 0 radical (unpaired) electrons. The minimum Gasteiger partial charge on any atom is -0.338 e. The van der Waals surface area contributed by atoms with E-state index in [9.17, 15) is 4.79 Å². The lowest BCUT2D eigenvalue weighted by molar-refractivity contribution is -0.135. The Kier molecular flexibility index (Phi) is 3.53. The maximum atomic E-state index is 12.4. The summed E-state index contributed by atoms with van der Waals surface area (Å²) in [5, 5.41) is 3.35. The first kappa shape index (κ1) is 11.9. The Hall–Kier alpha value is -0.570. The van der Waals surface area contributed by atoms with Gasteiger partial charge in [-0.05, 0) is 37.6 Å². The summed E-state index contributed by atoms with van der Waals surface area (Å²) in [6, 6.07) is 0.629. The van der Waals surface area contributed by atoms with Gasteiger partial charge in [0.2, 0.25) is 5.91 Å². The Morgan fingerprint density at radius 2 is 2.06 bits per heavy atom. The Labute approximate surface area is 98.6 Å². The molecule has 3 nitrogen and oxygen atoms in total. The number of carbonyl (C=O) groups excluding carboxylic acids is 1. The van der Waals surface area contributed by atoms with Crippen molar-refractivity contribution in [1.82, 2.24) is 10.2 Å². The Bertz CT molecular complexity index is 261. The first-order chi connectivity index (χ1) is 7.59. The molecule has 1 aliphatic heterocycles. The smallest absolute Gasteiger partial charge is 0.240 e.